The summed E-state index contributed by atoms with van der Waals surface area (Å²) in [4.78, 5) is 4.79. The lowest BCUT2D eigenvalue weighted by Gasteiger charge is -2.32. The van der Waals surface area contributed by atoms with Crippen LogP contribution < -0.4 is 5.46 Å². The number of aliphatic hydroxyl groups is 1. The van der Waals surface area contributed by atoms with E-state index in [1.54, 1.807) is 24.7 Å². The van der Waals surface area contributed by atoms with E-state index in [0.29, 0.717) is 24.2 Å². The Bertz CT molecular complexity index is 1190. The van der Waals surface area contributed by atoms with Crippen LogP contribution in [-0.4, -0.2) is 48.9 Å². The Kier molecular flexibility index (Phi) is 5.55. The van der Waals surface area contributed by atoms with Crippen LogP contribution in [0.4, 0.5) is 0 Å². The van der Waals surface area contributed by atoms with Crippen molar-refractivity contribution in [3.63, 3.8) is 0 Å². The van der Waals surface area contributed by atoms with Crippen molar-refractivity contribution in [3.05, 3.63) is 48.0 Å². The van der Waals surface area contributed by atoms with Crippen molar-refractivity contribution >= 4 is 12.6 Å². The molecule has 0 amide bonds. The van der Waals surface area contributed by atoms with Crippen LogP contribution in [0.3, 0.4) is 0 Å². The maximum Gasteiger partial charge on any atom is 0.494 e. The smallest absolute Gasteiger partial charge is 0.399 e. The second-order valence-electron chi connectivity index (χ2n) is 11.8. The van der Waals surface area contributed by atoms with Gasteiger partial charge in [-0.05, 0) is 78.3 Å². The minimum Gasteiger partial charge on any atom is -0.399 e. The number of hydrogen-bond acceptors (Lipinski definition) is 7. The number of nitrogens with zero attached hydrogens (tertiary/aromatic N) is 4. The number of hydrogen-bond donors (Lipinski definition) is 1. The molecule has 3 aromatic rings. The highest BCUT2D eigenvalue weighted by atomic mass is 16.7. The minimum absolute atomic E-state index is 0.362. The van der Waals surface area contributed by atoms with E-state index in [4.69, 9.17) is 18.8 Å². The van der Waals surface area contributed by atoms with Crippen LogP contribution >= 0.6 is 0 Å². The van der Waals surface area contributed by atoms with Crippen molar-refractivity contribution in [2.75, 3.05) is 0 Å². The third-order valence-corrected chi connectivity index (χ3v) is 7.75. The molecule has 1 aliphatic heterocycles. The average molecular weight is 478 g/mol. The largest absolute Gasteiger partial charge is 0.494 e. The highest BCUT2D eigenvalue weighted by molar-refractivity contribution is 6.62. The standard InChI is InChI=1S/C26H35BN4O4/c1-23(2,32)16-31-15-17(14-28-31)21-29-22(30-33-21)26(7,18-8-9-18)19-10-12-20(13-11-19)27-34-24(3,4)25(5,6)35-27/h10-15,18,32H,8-9,16H2,1-7H3. The predicted molar refractivity (Wildman–Crippen MR) is 133 cm³/mol. The number of aromatic nitrogens is 4. The van der Waals surface area contributed by atoms with Gasteiger partial charge < -0.3 is 18.9 Å². The van der Waals surface area contributed by atoms with Crippen LogP contribution in [0.15, 0.2) is 41.2 Å². The summed E-state index contributed by atoms with van der Waals surface area (Å²) in [7, 11) is -0.390. The molecule has 8 nitrogen and oxygen atoms in total. The molecule has 9 heteroatoms. The van der Waals surface area contributed by atoms with Crippen LogP contribution in [0.2, 0.25) is 0 Å². The quantitative estimate of drug-likeness (QED) is 0.517. The van der Waals surface area contributed by atoms with Crippen molar-refractivity contribution < 1.29 is 18.9 Å². The fourth-order valence-corrected chi connectivity index (χ4v) is 4.68. The Morgan fingerprint density at radius 1 is 1.06 bits per heavy atom. The van der Waals surface area contributed by atoms with Crippen LogP contribution in [0.25, 0.3) is 11.5 Å². The second-order valence-corrected chi connectivity index (χ2v) is 11.8. The molecular weight excluding hydrogens is 443 g/mol. The Labute approximate surface area is 207 Å². The van der Waals surface area contributed by atoms with Gasteiger partial charge in [0, 0.05) is 6.20 Å². The van der Waals surface area contributed by atoms with E-state index in [1.807, 2.05) is 6.20 Å². The van der Waals surface area contributed by atoms with E-state index in [9.17, 15) is 5.11 Å². The lowest BCUT2D eigenvalue weighted by molar-refractivity contribution is 0.00578. The first-order valence-corrected chi connectivity index (χ1v) is 12.3. The molecule has 1 saturated heterocycles. The molecule has 2 aromatic heterocycles. The maximum atomic E-state index is 10.1. The fourth-order valence-electron chi connectivity index (χ4n) is 4.68. The molecule has 35 heavy (non-hydrogen) atoms. The summed E-state index contributed by atoms with van der Waals surface area (Å²) in [6.45, 7) is 14.3. The van der Waals surface area contributed by atoms with Gasteiger partial charge in [0.05, 0.1) is 40.5 Å². The first kappa shape index (κ1) is 24.2. The summed E-state index contributed by atoms with van der Waals surface area (Å²) in [6.07, 6.45) is 5.77. The molecular formula is C26H35BN4O4. The molecule has 5 rings (SSSR count). The summed E-state index contributed by atoms with van der Waals surface area (Å²) in [6, 6.07) is 8.44. The third-order valence-electron chi connectivity index (χ3n) is 7.75. The Morgan fingerprint density at radius 3 is 2.26 bits per heavy atom. The first-order valence-electron chi connectivity index (χ1n) is 12.3. The number of rotatable bonds is 7. The number of benzene rings is 1. The van der Waals surface area contributed by atoms with Crippen LogP contribution in [0.1, 0.15) is 72.7 Å². The lowest BCUT2D eigenvalue weighted by Crippen LogP contribution is -2.41. The fraction of sp³-hybridized carbons (Fsp3) is 0.577. The summed E-state index contributed by atoms with van der Waals surface area (Å²) >= 11 is 0. The van der Waals surface area contributed by atoms with Crippen molar-refractivity contribution in [2.24, 2.45) is 5.92 Å². The molecule has 186 valence electrons. The Morgan fingerprint density at radius 2 is 1.69 bits per heavy atom. The van der Waals surface area contributed by atoms with Crippen LogP contribution in [0.5, 0.6) is 0 Å². The highest BCUT2D eigenvalue weighted by Gasteiger charge is 2.52. The van der Waals surface area contributed by atoms with Gasteiger partial charge in [-0.1, -0.05) is 29.4 Å². The summed E-state index contributed by atoms with van der Waals surface area (Å²) in [5.41, 5.74) is 0.909. The average Bonchev–Trinajstić information content (AvgIpc) is 3.24. The minimum atomic E-state index is -0.861. The monoisotopic (exact) mass is 478 g/mol. The van der Waals surface area contributed by atoms with E-state index in [1.165, 1.54) is 0 Å². The van der Waals surface area contributed by atoms with Gasteiger partial charge in [-0.3, -0.25) is 4.68 Å². The molecule has 1 atom stereocenters. The van der Waals surface area contributed by atoms with Gasteiger partial charge in [-0.25, -0.2) is 0 Å². The molecule has 1 saturated carbocycles. The predicted octanol–water partition coefficient (Wildman–Crippen LogP) is 3.72. The van der Waals surface area contributed by atoms with Crippen LogP contribution in [0, 0.1) is 5.92 Å². The Hall–Kier alpha value is -2.49. The summed E-state index contributed by atoms with van der Waals surface area (Å²) < 4.78 is 19.8. The molecule has 1 N–H and O–H groups in total. The molecule has 0 bridgehead atoms. The summed E-state index contributed by atoms with van der Waals surface area (Å²) in [5, 5.41) is 18.8. The molecule has 0 radical (unpaired) electrons. The molecule has 2 fully saturated rings. The van der Waals surface area contributed by atoms with E-state index < -0.39 is 12.7 Å². The van der Waals surface area contributed by atoms with Crippen LogP contribution in [-0.2, 0) is 21.3 Å². The highest BCUT2D eigenvalue weighted by Crippen LogP contribution is 2.50. The van der Waals surface area contributed by atoms with Crippen molar-refractivity contribution in [1.82, 2.24) is 19.9 Å². The van der Waals surface area contributed by atoms with Gasteiger partial charge in [0.2, 0.25) is 0 Å². The zero-order valence-electron chi connectivity index (χ0n) is 21.7. The molecule has 1 unspecified atom stereocenters. The normalized spacial score (nSPS) is 21.3. The van der Waals surface area contributed by atoms with Gasteiger partial charge in [-0.2, -0.15) is 10.1 Å². The molecule has 1 aliphatic carbocycles. The maximum absolute atomic E-state index is 10.1. The zero-order chi connectivity index (χ0) is 25.2. The van der Waals surface area contributed by atoms with Crippen molar-refractivity contribution in [1.29, 1.82) is 0 Å². The molecule has 2 aliphatic rings. The third kappa shape index (κ3) is 4.45. The van der Waals surface area contributed by atoms with E-state index in [2.05, 4.69) is 69.1 Å². The first-order chi connectivity index (χ1) is 16.3. The molecule has 3 heterocycles. The van der Waals surface area contributed by atoms with Crippen molar-refractivity contribution in [3.8, 4) is 11.5 Å². The van der Waals surface area contributed by atoms with Gasteiger partial charge >= 0.3 is 7.12 Å². The van der Waals surface area contributed by atoms with Gasteiger partial charge in [0.25, 0.3) is 5.89 Å². The SMILES string of the molecule is CC(C)(O)Cn1cc(-c2nc(C(C)(c3ccc(B4OC(C)(C)C(C)(C)O4)cc3)C3CC3)no2)cn1. The zero-order valence-corrected chi connectivity index (χ0v) is 21.7. The van der Waals surface area contributed by atoms with Crippen molar-refractivity contribution in [2.45, 2.75) is 90.1 Å². The van der Waals surface area contributed by atoms with E-state index in [0.717, 1.165) is 29.4 Å². The summed E-state index contributed by atoms with van der Waals surface area (Å²) in [5.74, 6) is 1.56. The second kappa shape index (κ2) is 8.01. The van der Waals surface area contributed by atoms with E-state index in [-0.39, 0.29) is 16.6 Å². The van der Waals surface area contributed by atoms with Gasteiger partial charge in [0.1, 0.15) is 0 Å². The van der Waals surface area contributed by atoms with Gasteiger partial charge in [0.15, 0.2) is 5.82 Å². The molecule has 0 spiro atoms. The Balaban J connectivity index is 1.40. The topological polar surface area (TPSA) is 95.4 Å². The lowest BCUT2D eigenvalue weighted by atomic mass is 9.73. The van der Waals surface area contributed by atoms with Gasteiger partial charge in [-0.15, -0.1) is 0 Å². The van der Waals surface area contributed by atoms with E-state index >= 15 is 0 Å². The molecule has 1 aromatic carbocycles.